The summed E-state index contributed by atoms with van der Waals surface area (Å²) >= 11 is 1.67. The fourth-order valence-corrected chi connectivity index (χ4v) is 3.83. The molecule has 0 radical (unpaired) electrons. The maximum atomic E-state index is 12.1. The van der Waals surface area contributed by atoms with E-state index in [1.807, 2.05) is 0 Å². The second kappa shape index (κ2) is 17.5. The number of hydrogen-bond acceptors (Lipinski definition) is 5. The number of aliphatic carboxylic acids is 1. The quantitative estimate of drug-likeness (QED) is 0.0891. The molecule has 0 aromatic heterocycles. The predicted molar refractivity (Wildman–Crippen MR) is 133 cm³/mol. The predicted octanol–water partition coefficient (Wildman–Crippen LogP) is 4.11. The SMILES string of the molecule is CC(C)=CCC/C(C)=C/CC/C(C)=C/CSCC[C@H](NC(=O)C(C)CC(=O)O)C(=O)NN. The van der Waals surface area contributed by atoms with Gasteiger partial charge in [-0.1, -0.05) is 41.9 Å². The Balaban J connectivity index is 4.34. The van der Waals surface area contributed by atoms with E-state index in [-0.39, 0.29) is 6.42 Å². The zero-order valence-corrected chi connectivity index (χ0v) is 21.0. The molecule has 2 atom stereocenters. The highest BCUT2D eigenvalue weighted by Crippen LogP contribution is 2.13. The van der Waals surface area contributed by atoms with Crippen molar-refractivity contribution >= 4 is 29.5 Å². The monoisotopic (exact) mass is 467 g/mol. The van der Waals surface area contributed by atoms with Gasteiger partial charge in [-0.2, -0.15) is 11.8 Å². The van der Waals surface area contributed by atoms with Crippen molar-refractivity contribution in [2.45, 2.75) is 79.2 Å². The van der Waals surface area contributed by atoms with Crippen molar-refractivity contribution in [2.75, 3.05) is 11.5 Å². The van der Waals surface area contributed by atoms with Crippen LogP contribution in [0, 0.1) is 5.92 Å². The summed E-state index contributed by atoms with van der Waals surface area (Å²) in [6, 6.07) is -0.777. The Morgan fingerprint density at radius 3 is 2.12 bits per heavy atom. The number of rotatable bonds is 16. The highest BCUT2D eigenvalue weighted by atomic mass is 32.2. The van der Waals surface area contributed by atoms with Gasteiger partial charge in [0.05, 0.1) is 6.42 Å². The van der Waals surface area contributed by atoms with Gasteiger partial charge in [0.2, 0.25) is 5.91 Å². The van der Waals surface area contributed by atoms with Gasteiger partial charge in [-0.05, 0) is 65.6 Å². The molecule has 0 aromatic carbocycles. The highest BCUT2D eigenvalue weighted by Gasteiger charge is 2.23. The molecule has 0 aliphatic heterocycles. The minimum Gasteiger partial charge on any atom is -0.481 e. The van der Waals surface area contributed by atoms with Crippen molar-refractivity contribution in [1.29, 1.82) is 0 Å². The number of carbonyl (C=O) groups is 3. The van der Waals surface area contributed by atoms with E-state index < -0.39 is 29.7 Å². The molecular weight excluding hydrogens is 426 g/mol. The second-order valence-electron chi connectivity index (χ2n) is 8.39. The second-order valence-corrected chi connectivity index (χ2v) is 9.54. The molecule has 0 rings (SSSR count). The van der Waals surface area contributed by atoms with Gasteiger partial charge in [-0.25, -0.2) is 5.84 Å². The first kappa shape index (κ1) is 29.9. The van der Waals surface area contributed by atoms with E-state index in [1.165, 1.54) is 23.6 Å². The molecule has 0 heterocycles. The zero-order chi connectivity index (χ0) is 24.5. The molecule has 0 saturated carbocycles. The first-order valence-electron chi connectivity index (χ1n) is 11.1. The Kier molecular flexibility index (Phi) is 16.4. The maximum Gasteiger partial charge on any atom is 0.304 e. The van der Waals surface area contributed by atoms with Crippen molar-refractivity contribution < 1.29 is 19.5 Å². The largest absolute Gasteiger partial charge is 0.481 e. The van der Waals surface area contributed by atoms with Crippen molar-refractivity contribution in [3.8, 4) is 0 Å². The summed E-state index contributed by atoms with van der Waals surface area (Å²) in [5, 5.41) is 11.4. The van der Waals surface area contributed by atoms with Crippen LogP contribution in [0.15, 0.2) is 34.9 Å². The number of nitrogens with one attached hydrogen (secondary N) is 2. The number of carbonyl (C=O) groups excluding carboxylic acids is 2. The molecular formula is C24H41N3O4S. The van der Waals surface area contributed by atoms with Crippen molar-refractivity contribution in [3.05, 3.63) is 34.9 Å². The van der Waals surface area contributed by atoms with Crippen molar-refractivity contribution in [2.24, 2.45) is 11.8 Å². The third kappa shape index (κ3) is 15.7. The summed E-state index contributed by atoms with van der Waals surface area (Å²) in [5.41, 5.74) is 6.18. The Labute approximate surface area is 197 Å². The lowest BCUT2D eigenvalue weighted by atomic mass is 10.1. The van der Waals surface area contributed by atoms with Crippen molar-refractivity contribution in [1.82, 2.24) is 10.7 Å². The maximum absolute atomic E-state index is 12.1. The number of amides is 2. The zero-order valence-electron chi connectivity index (χ0n) is 20.2. The lowest BCUT2D eigenvalue weighted by Crippen LogP contribution is -2.50. The Bertz CT molecular complexity index is 697. The molecule has 1 unspecified atom stereocenters. The standard InChI is InChI=1S/C24H41N3O4S/c1-17(2)8-6-9-18(3)10-7-11-19(4)12-14-32-15-13-21(24(31)27-25)26-23(30)20(5)16-22(28)29/h8,10,12,20-21H,6-7,9,11,13-16,25H2,1-5H3,(H,26,30)(H,27,31)(H,28,29)/b18-10+,19-12+/t20?,21-/m0/s1. The average molecular weight is 468 g/mol. The van der Waals surface area contributed by atoms with Crippen LogP contribution < -0.4 is 16.6 Å². The van der Waals surface area contributed by atoms with Crippen LogP contribution in [-0.2, 0) is 14.4 Å². The first-order valence-corrected chi connectivity index (χ1v) is 12.3. The molecule has 0 bridgehead atoms. The number of carboxylic acid groups (broad SMARTS) is 1. The highest BCUT2D eigenvalue weighted by molar-refractivity contribution is 7.99. The Morgan fingerprint density at radius 2 is 1.56 bits per heavy atom. The minimum atomic E-state index is -1.06. The summed E-state index contributed by atoms with van der Waals surface area (Å²) < 4.78 is 0. The van der Waals surface area contributed by atoms with Gasteiger partial charge in [0, 0.05) is 11.7 Å². The number of carboxylic acids is 1. The summed E-state index contributed by atoms with van der Waals surface area (Å²) in [5.74, 6) is 3.98. The molecule has 0 saturated heterocycles. The summed E-state index contributed by atoms with van der Waals surface area (Å²) in [6.07, 6.45) is 11.2. The van der Waals surface area contributed by atoms with Gasteiger partial charge >= 0.3 is 5.97 Å². The van der Waals surface area contributed by atoms with Gasteiger partial charge < -0.3 is 10.4 Å². The van der Waals surface area contributed by atoms with Crippen LogP contribution in [0.1, 0.15) is 73.1 Å². The third-order valence-corrected chi connectivity index (χ3v) is 5.85. The molecule has 0 aromatic rings. The minimum absolute atomic E-state index is 0.286. The number of hydrogen-bond donors (Lipinski definition) is 4. The van der Waals surface area contributed by atoms with Crippen molar-refractivity contribution in [3.63, 3.8) is 0 Å². The van der Waals surface area contributed by atoms with Crippen LogP contribution >= 0.6 is 11.8 Å². The number of thioether (sulfide) groups is 1. The molecule has 0 spiro atoms. The van der Waals surface area contributed by atoms with Crippen LogP contribution in [0.3, 0.4) is 0 Å². The van der Waals surface area contributed by atoms with E-state index in [0.29, 0.717) is 12.2 Å². The van der Waals surface area contributed by atoms with Gasteiger partial charge in [-0.3, -0.25) is 19.8 Å². The Hall–Kier alpha value is -2.06. The van der Waals surface area contributed by atoms with Crippen LogP contribution in [0.4, 0.5) is 0 Å². The molecule has 32 heavy (non-hydrogen) atoms. The first-order chi connectivity index (χ1) is 15.1. The summed E-state index contributed by atoms with van der Waals surface area (Å²) in [7, 11) is 0. The average Bonchev–Trinajstić information content (AvgIpc) is 2.71. The third-order valence-electron chi connectivity index (χ3n) is 4.93. The topological polar surface area (TPSA) is 122 Å². The molecule has 0 fully saturated rings. The lowest BCUT2D eigenvalue weighted by molar-refractivity contribution is -0.141. The fraction of sp³-hybridized carbons (Fsp3) is 0.625. The van der Waals surface area contributed by atoms with E-state index in [4.69, 9.17) is 10.9 Å². The van der Waals surface area contributed by atoms with E-state index in [2.05, 4.69) is 56.7 Å². The molecule has 5 N–H and O–H groups in total. The van der Waals surface area contributed by atoms with E-state index in [0.717, 1.165) is 31.4 Å². The van der Waals surface area contributed by atoms with Gasteiger partial charge in [0.25, 0.3) is 5.91 Å². The fourth-order valence-electron chi connectivity index (χ4n) is 2.86. The number of nitrogens with two attached hydrogens (primary N) is 1. The van der Waals surface area contributed by atoms with Crippen LogP contribution in [0.2, 0.25) is 0 Å². The molecule has 2 amide bonds. The van der Waals surface area contributed by atoms with E-state index in [1.54, 1.807) is 11.8 Å². The van der Waals surface area contributed by atoms with Gasteiger partial charge in [-0.15, -0.1) is 0 Å². The van der Waals surface area contributed by atoms with Gasteiger partial charge in [0.1, 0.15) is 6.04 Å². The normalized spacial score (nSPS) is 13.8. The lowest BCUT2D eigenvalue weighted by Gasteiger charge is -2.19. The molecule has 182 valence electrons. The molecule has 0 aliphatic carbocycles. The number of hydrazine groups is 1. The van der Waals surface area contributed by atoms with Crippen LogP contribution in [0.5, 0.6) is 0 Å². The molecule has 8 heteroatoms. The summed E-state index contributed by atoms with van der Waals surface area (Å²) in [4.78, 5) is 34.8. The Morgan fingerprint density at radius 1 is 0.969 bits per heavy atom. The van der Waals surface area contributed by atoms with Crippen LogP contribution in [-0.4, -0.2) is 40.4 Å². The number of allylic oxidation sites excluding steroid dienone is 5. The molecule has 0 aliphatic rings. The molecule has 7 nitrogen and oxygen atoms in total. The van der Waals surface area contributed by atoms with Crippen LogP contribution in [0.25, 0.3) is 0 Å². The van der Waals surface area contributed by atoms with E-state index in [9.17, 15) is 14.4 Å². The summed E-state index contributed by atoms with van der Waals surface area (Å²) in [6.45, 7) is 10.1. The van der Waals surface area contributed by atoms with Gasteiger partial charge in [0.15, 0.2) is 0 Å². The smallest absolute Gasteiger partial charge is 0.304 e. The van der Waals surface area contributed by atoms with E-state index >= 15 is 0 Å².